The fraction of sp³-hybridized carbons (Fsp3) is 0.333. The third kappa shape index (κ3) is 3.96. The molecule has 0 radical (unpaired) electrons. The predicted molar refractivity (Wildman–Crippen MR) is 80.8 cm³/mol. The van der Waals surface area contributed by atoms with Crippen LogP contribution in [-0.2, 0) is 14.8 Å². The largest absolute Gasteiger partial charge is 0.389 e. The van der Waals surface area contributed by atoms with Crippen LogP contribution in [-0.4, -0.2) is 44.4 Å². The Hall–Kier alpha value is -1.58. The van der Waals surface area contributed by atoms with Crippen LogP contribution in [0.2, 0.25) is 0 Å². The minimum Gasteiger partial charge on any atom is -0.389 e. The standard InChI is InChI=1S/C12H16FN3O3S2/c1-7(12(17)16(2)3)15-21(18,19)9-6-4-5-8(13)10(9)11(14)20/h4-7,15H,1-3H3,(H2,14,20). The summed E-state index contributed by atoms with van der Waals surface area (Å²) < 4.78 is 40.5. The first kappa shape index (κ1) is 17.5. The molecule has 0 spiro atoms. The number of likely N-dealkylation sites (N-methyl/N-ethyl adjacent to an activating group) is 1. The summed E-state index contributed by atoms with van der Waals surface area (Å²) in [6.45, 7) is 1.39. The van der Waals surface area contributed by atoms with E-state index in [1.807, 2.05) is 0 Å². The van der Waals surface area contributed by atoms with Gasteiger partial charge in [0.1, 0.15) is 10.8 Å². The number of carbonyl (C=O) groups is 1. The molecule has 0 aromatic heterocycles. The maximum atomic E-state index is 13.7. The molecule has 21 heavy (non-hydrogen) atoms. The molecule has 116 valence electrons. The van der Waals surface area contributed by atoms with Crippen molar-refractivity contribution in [2.75, 3.05) is 14.1 Å². The first-order chi connectivity index (χ1) is 9.58. The molecule has 3 N–H and O–H groups in total. The number of nitrogens with two attached hydrogens (primary N) is 1. The lowest BCUT2D eigenvalue weighted by Gasteiger charge is -2.19. The average molecular weight is 333 g/mol. The number of hydrogen-bond acceptors (Lipinski definition) is 4. The number of benzene rings is 1. The highest BCUT2D eigenvalue weighted by Gasteiger charge is 2.27. The molecule has 0 heterocycles. The lowest BCUT2D eigenvalue weighted by Crippen LogP contribution is -2.44. The number of sulfonamides is 1. The van der Waals surface area contributed by atoms with Gasteiger partial charge >= 0.3 is 0 Å². The molecule has 1 rings (SSSR count). The molecule has 1 unspecified atom stereocenters. The van der Waals surface area contributed by atoms with Gasteiger partial charge in [-0.2, -0.15) is 4.72 Å². The Morgan fingerprint density at radius 3 is 2.48 bits per heavy atom. The van der Waals surface area contributed by atoms with Crippen LogP contribution in [0.5, 0.6) is 0 Å². The van der Waals surface area contributed by atoms with Crippen LogP contribution >= 0.6 is 12.2 Å². The van der Waals surface area contributed by atoms with Gasteiger partial charge in [0.25, 0.3) is 0 Å². The van der Waals surface area contributed by atoms with Gasteiger partial charge in [0.05, 0.1) is 16.5 Å². The second-order valence-corrected chi connectivity index (χ2v) is 6.68. The lowest BCUT2D eigenvalue weighted by atomic mass is 10.2. The van der Waals surface area contributed by atoms with Gasteiger partial charge in [0.2, 0.25) is 15.9 Å². The van der Waals surface area contributed by atoms with E-state index in [2.05, 4.69) is 16.9 Å². The molecule has 0 aliphatic carbocycles. The summed E-state index contributed by atoms with van der Waals surface area (Å²) in [5.41, 5.74) is 5.00. The number of halogens is 1. The average Bonchev–Trinajstić information content (AvgIpc) is 2.36. The maximum Gasteiger partial charge on any atom is 0.242 e. The zero-order valence-electron chi connectivity index (χ0n) is 11.8. The van der Waals surface area contributed by atoms with E-state index in [4.69, 9.17) is 5.73 Å². The van der Waals surface area contributed by atoms with Gasteiger partial charge in [-0.25, -0.2) is 12.8 Å². The first-order valence-electron chi connectivity index (χ1n) is 5.89. The van der Waals surface area contributed by atoms with Gasteiger partial charge in [-0.15, -0.1) is 0 Å². The van der Waals surface area contributed by atoms with Crippen molar-refractivity contribution in [3.05, 3.63) is 29.6 Å². The number of amides is 1. The molecule has 0 saturated heterocycles. The molecule has 0 fully saturated rings. The Kier molecular flexibility index (Phi) is 5.37. The number of thiocarbonyl (C=S) groups is 1. The molecule has 0 saturated carbocycles. The van der Waals surface area contributed by atoms with Gasteiger partial charge in [-0.1, -0.05) is 18.3 Å². The van der Waals surface area contributed by atoms with Gasteiger partial charge in [-0.3, -0.25) is 4.79 Å². The van der Waals surface area contributed by atoms with Crippen molar-refractivity contribution in [2.24, 2.45) is 5.73 Å². The van der Waals surface area contributed by atoms with E-state index in [9.17, 15) is 17.6 Å². The van der Waals surface area contributed by atoms with Crippen LogP contribution in [0, 0.1) is 5.82 Å². The van der Waals surface area contributed by atoms with Crippen molar-refractivity contribution in [1.29, 1.82) is 0 Å². The molecule has 6 nitrogen and oxygen atoms in total. The van der Waals surface area contributed by atoms with E-state index < -0.39 is 32.7 Å². The predicted octanol–water partition coefficient (Wildman–Crippen LogP) is 0.215. The Morgan fingerprint density at radius 1 is 1.43 bits per heavy atom. The Bertz CT molecular complexity index is 674. The van der Waals surface area contributed by atoms with Crippen molar-refractivity contribution in [3.8, 4) is 0 Å². The fourth-order valence-electron chi connectivity index (χ4n) is 1.70. The Labute approximate surface area is 128 Å². The van der Waals surface area contributed by atoms with E-state index in [-0.39, 0.29) is 10.6 Å². The van der Waals surface area contributed by atoms with Crippen LogP contribution in [0.15, 0.2) is 23.1 Å². The molecular weight excluding hydrogens is 317 g/mol. The van der Waals surface area contributed by atoms with E-state index >= 15 is 0 Å². The highest BCUT2D eigenvalue weighted by atomic mass is 32.2. The second-order valence-electron chi connectivity index (χ2n) is 4.55. The molecule has 0 aliphatic heterocycles. The summed E-state index contributed by atoms with van der Waals surface area (Å²) in [7, 11) is -1.15. The molecule has 1 atom stereocenters. The number of nitrogens with one attached hydrogen (secondary N) is 1. The minimum atomic E-state index is -4.14. The lowest BCUT2D eigenvalue weighted by molar-refractivity contribution is -0.130. The number of nitrogens with zero attached hydrogens (tertiary/aromatic N) is 1. The first-order valence-corrected chi connectivity index (χ1v) is 7.79. The SMILES string of the molecule is CC(NS(=O)(=O)c1cccc(F)c1C(N)=S)C(=O)N(C)C. The molecular formula is C12H16FN3O3S2. The van der Waals surface area contributed by atoms with Gasteiger partial charge in [0.15, 0.2) is 0 Å². The highest BCUT2D eigenvalue weighted by Crippen LogP contribution is 2.19. The zero-order chi connectivity index (χ0) is 16.4. The van der Waals surface area contributed by atoms with E-state index in [0.29, 0.717) is 0 Å². The van der Waals surface area contributed by atoms with Gasteiger partial charge in [0, 0.05) is 14.1 Å². The summed E-state index contributed by atoms with van der Waals surface area (Å²) >= 11 is 4.68. The van der Waals surface area contributed by atoms with Crippen molar-refractivity contribution in [2.45, 2.75) is 17.9 Å². The third-order valence-corrected chi connectivity index (χ3v) is 4.44. The van der Waals surface area contributed by atoms with Crippen LogP contribution in [0.25, 0.3) is 0 Å². The number of hydrogen-bond donors (Lipinski definition) is 2. The summed E-state index contributed by atoms with van der Waals surface area (Å²) in [4.78, 5) is 12.2. The van der Waals surface area contributed by atoms with E-state index in [1.54, 1.807) is 0 Å². The second kappa shape index (κ2) is 6.46. The molecule has 1 aromatic rings. The summed E-state index contributed by atoms with van der Waals surface area (Å²) in [6, 6.07) is 2.45. The number of rotatable bonds is 5. The topological polar surface area (TPSA) is 92.5 Å². The van der Waals surface area contributed by atoms with Gasteiger partial charge < -0.3 is 10.6 Å². The summed E-state index contributed by atoms with van der Waals surface area (Å²) in [5.74, 6) is -1.27. The van der Waals surface area contributed by atoms with Crippen LogP contribution in [0.3, 0.4) is 0 Å². The minimum absolute atomic E-state index is 0.371. The smallest absolute Gasteiger partial charge is 0.242 e. The highest BCUT2D eigenvalue weighted by molar-refractivity contribution is 7.89. The fourth-order valence-corrected chi connectivity index (χ4v) is 3.40. The van der Waals surface area contributed by atoms with Crippen molar-refractivity contribution in [3.63, 3.8) is 0 Å². The third-order valence-electron chi connectivity index (χ3n) is 2.65. The summed E-state index contributed by atoms with van der Waals surface area (Å²) in [5, 5.41) is 0. The Morgan fingerprint density at radius 2 is 2.00 bits per heavy atom. The monoisotopic (exact) mass is 333 g/mol. The molecule has 9 heteroatoms. The van der Waals surface area contributed by atoms with Crippen molar-refractivity contribution in [1.82, 2.24) is 9.62 Å². The molecule has 1 aromatic carbocycles. The van der Waals surface area contributed by atoms with Crippen LogP contribution in [0.1, 0.15) is 12.5 Å². The van der Waals surface area contributed by atoms with E-state index in [1.165, 1.54) is 38.1 Å². The van der Waals surface area contributed by atoms with Crippen molar-refractivity contribution < 1.29 is 17.6 Å². The quantitative estimate of drug-likeness (QED) is 0.752. The van der Waals surface area contributed by atoms with Gasteiger partial charge in [-0.05, 0) is 19.1 Å². The maximum absolute atomic E-state index is 13.7. The summed E-state index contributed by atoms with van der Waals surface area (Å²) in [6.07, 6.45) is 0. The number of carbonyl (C=O) groups excluding carboxylic acids is 1. The zero-order valence-corrected chi connectivity index (χ0v) is 13.4. The molecule has 1 amide bonds. The normalized spacial score (nSPS) is 12.8. The Balaban J connectivity index is 3.24. The molecule has 0 aliphatic rings. The van der Waals surface area contributed by atoms with E-state index in [0.717, 1.165) is 6.07 Å². The van der Waals surface area contributed by atoms with Crippen LogP contribution < -0.4 is 10.5 Å². The van der Waals surface area contributed by atoms with Crippen molar-refractivity contribution >= 4 is 33.1 Å². The van der Waals surface area contributed by atoms with Crippen LogP contribution in [0.4, 0.5) is 4.39 Å². The molecule has 0 bridgehead atoms.